The van der Waals surface area contributed by atoms with Gasteiger partial charge in [0.25, 0.3) is 0 Å². The molecule has 2 heterocycles. The van der Waals surface area contributed by atoms with Crippen LogP contribution in [0.2, 0.25) is 0 Å². The number of rotatable bonds is 4. The highest BCUT2D eigenvalue weighted by atomic mass is 32.2. The average Bonchev–Trinajstić information content (AvgIpc) is 3.13. The van der Waals surface area contributed by atoms with Crippen LogP contribution in [-0.4, -0.2) is 18.1 Å². The molecule has 7 heteroatoms. The molecule has 4 rings (SSSR count). The predicted molar refractivity (Wildman–Crippen MR) is 75.0 cm³/mol. The van der Waals surface area contributed by atoms with Crippen LogP contribution in [-0.2, 0) is 23.2 Å². The summed E-state index contributed by atoms with van der Waals surface area (Å²) in [5.74, 6) is 1.06. The molecule has 0 radical (unpaired) electrons. The highest BCUT2D eigenvalue weighted by Crippen LogP contribution is 2.40. The summed E-state index contributed by atoms with van der Waals surface area (Å²) < 4.78 is 31.6. The second-order valence-corrected chi connectivity index (χ2v) is 6.91. The number of hydrogen-bond acceptors (Lipinski definition) is 5. The Labute approximate surface area is 122 Å². The topological polar surface area (TPSA) is 73.2 Å². The lowest BCUT2D eigenvalue weighted by atomic mass is 10.4. The molecule has 1 aromatic carbocycles. The molecule has 0 bridgehead atoms. The van der Waals surface area contributed by atoms with Crippen molar-refractivity contribution in [1.29, 1.82) is 0 Å². The number of benzene rings is 1. The first-order chi connectivity index (χ1) is 10.1. The standard InChI is InChI=1S/C14H15N3O3S/c18-21(19,11-4-2-1-3-5-11)20-17-13-9-15-8-12(13)16-14(17)10-6-7-10/h1-5,10,15H,6-9H2. The summed E-state index contributed by atoms with van der Waals surface area (Å²) in [7, 11) is -3.84. The SMILES string of the molecule is O=S(=O)(On1c(C2CC2)nc2c1CNC2)c1ccccc1. The van der Waals surface area contributed by atoms with Crippen LogP contribution in [0, 0.1) is 0 Å². The third-order valence-corrected chi connectivity index (χ3v) is 4.96. The van der Waals surface area contributed by atoms with Gasteiger partial charge in [-0.25, -0.2) is 4.98 Å². The van der Waals surface area contributed by atoms with Crippen LogP contribution >= 0.6 is 0 Å². The highest BCUT2D eigenvalue weighted by Gasteiger charge is 2.35. The van der Waals surface area contributed by atoms with E-state index in [2.05, 4.69) is 10.3 Å². The van der Waals surface area contributed by atoms with Crippen molar-refractivity contribution in [3.05, 3.63) is 47.5 Å². The van der Waals surface area contributed by atoms with Gasteiger partial charge in [-0.3, -0.25) is 4.28 Å². The van der Waals surface area contributed by atoms with Crippen molar-refractivity contribution < 1.29 is 12.7 Å². The zero-order valence-corrected chi connectivity index (χ0v) is 12.1. The Bertz CT molecular complexity index is 779. The number of hydrogen-bond donors (Lipinski definition) is 1. The lowest BCUT2D eigenvalue weighted by molar-refractivity contribution is 0.256. The summed E-state index contributed by atoms with van der Waals surface area (Å²) in [6.45, 7) is 1.25. The Morgan fingerprint density at radius 1 is 1.19 bits per heavy atom. The van der Waals surface area contributed by atoms with Crippen LogP contribution < -0.4 is 9.60 Å². The molecule has 2 aromatic rings. The maximum Gasteiger partial charge on any atom is 0.357 e. The molecule has 2 aliphatic rings. The molecule has 0 atom stereocenters. The average molecular weight is 305 g/mol. The Morgan fingerprint density at radius 2 is 1.95 bits per heavy atom. The van der Waals surface area contributed by atoms with Crippen molar-refractivity contribution in [2.75, 3.05) is 0 Å². The largest absolute Gasteiger partial charge is 0.357 e. The van der Waals surface area contributed by atoms with E-state index in [9.17, 15) is 8.42 Å². The second kappa shape index (κ2) is 4.57. The third kappa shape index (κ3) is 2.22. The van der Waals surface area contributed by atoms with E-state index >= 15 is 0 Å². The number of imidazole rings is 1. The minimum absolute atomic E-state index is 0.153. The zero-order chi connectivity index (χ0) is 14.4. The fourth-order valence-corrected chi connectivity index (χ4v) is 3.47. The Balaban J connectivity index is 1.74. The summed E-state index contributed by atoms with van der Waals surface area (Å²) in [6.07, 6.45) is 2.08. The Morgan fingerprint density at radius 3 is 2.67 bits per heavy atom. The third-order valence-electron chi connectivity index (χ3n) is 3.77. The number of nitrogens with zero attached hydrogens (tertiary/aromatic N) is 2. The van der Waals surface area contributed by atoms with Gasteiger partial charge in [0.2, 0.25) is 0 Å². The molecule has 1 aromatic heterocycles. The van der Waals surface area contributed by atoms with Gasteiger partial charge in [-0.15, -0.1) is 0 Å². The van der Waals surface area contributed by atoms with Crippen LogP contribution in [0.25, 0.3) is 0 Å². The molecule has 6 nitrogen and oxygen atoms in total. The maximum absolute atomic E-state index is 12.4. The van der Waals surface area contributed by atoms with Crippen molar-refractivity contribution in [3.8, 4) is 0 Å². The summed E-state index contributed by atoms with van der Waals surface area (Å²) >= 11 is 0. The van der Waals surface area contributed by atoms with Gasteiger partial charge in [-0.1, -0.05) is 18.2 Å². The fraction of sp³-hybridized carbons (Fsp3) is 0.357. The molecule has 0 amide bonds. The molecule has 1 aliphatic carbocycles. The number of nitrogens with one attached hydrogen (secondary N) is 1. The zero-order valence-electron chi connectivity index (χ0n) is 11.3. The van der Waals surface area contributed by atoms with E-state index in [1.165, 1.54) is 16.9 Å². The lowest BCUT2D eigenvalue weighted by Crippen LogP contribution is -2.24. The van der Waals surface area contributed by atoms with Gasteiger partial charge in [-0.2, -0.15) is 13.1 Å². The molecular formula is C14H15N3O3S. The van der Waals surface area contributed by atoms with E-state index in [0.717, 1.165) is 30.1 Å². The molecule has 21 heavy (non-hydrogen) atoms. The predicted octanol–water partition coefficient (Wildman–Crippen LogP) is 1.18. The Hall–Kier alpha value is -1.86. The van der Waals surface area contributed by atoms with Crippen molar-refractivity contribution >= 4 is 10.1 Å². The molecule has 1 fully saturated rings. The van der Waals surface area contributed by atoms with E-state index in [4.69, 9.17) is 4.28 Å². The highest BCUT2D eigenvalue weighted by molar-refractivity contribution is 7.87. The molecule has 0 saturated heterocycles. The molecule has 1 saturated carbocycles. The van der Waals surface area contributed by atoms with Crippen molar-refractivity contribution in [2.24, 2.45) is 0 Å². The van der Waals surface area contributed by atoms with Crippen LogP contribution in [0.1, 0.15) is 36.0 Å². The summed E-state index contributed by atoms with van der Waals surface area (Å²) in [5.41, 5.74) is 1.71. The number of fused-ring (bicyclic) bond motifs is 1. The maximum atomic E-state index is 12.4. The first-order valence-corrected chi connectivity index (χ1v) is 8.37. The van der Waals surface area contributed by atoms with Gasteiger partial charge in [0.1, 0.15) is 10.7 Å². The van der Waals surface area contributed by atoms with Crippen LogP contribution in [0.3, 0.4) is 0 Å². The Kier molecular flexibility index (Phi) is 2.80. The smallest absolute Gasteiger partial charge is 0.305 e. The van der Waals surface area contributed by atoms with E-state index in [1.807, 2.05) is 0 Å². The van der Waals surface area contributed by atoms with Crippen LogP contribution in [0.5, 0.6) is 0 Å². The number of aromatic nitrogens is 2. The van der Waals surface area contributed by atoms with Crippen molar-refractivity contribution in [1.82, 2.24) is 15.0 Å². The molecular weight excluding hydrogens is 290 g/mol. The summed E-state index contributed by atoms with van der Waals surface area (Å²) in [6, 6.07) is 8.19. The first kappa shape index (κ1) is 12.8. The van der Waals surface area contributed by atoms with Gasteiger partial charge in [-0.05, 0) is 25.0 Å². The van der Waals surface area contributed by atoms with E-state index in [-0.39, 0.29) is 4.90 Å². The molecule has 1 N–H and O–H groups in total. The summed E-state index contributed by atoms with van der Waals surface area (Å²) in [5, 5.41) is 3.16. The second-order valence-electron chi connectivity index (χ2n) is 5.38. The van der Waals surface area contributed by atoms with Crippen molar-refractivity contribution in [3.63, 3.8) is 0 Å². The quantitative estimate of drug-likeness (QED) is 0.918. The van der Waals surface area contributed by atoms with Gasteiger partial charge in [0, 0.05) is 19.0 Å². The van der Waals surface area contributed by atoms with Gasteiger partial charge in [0.15, 0.2) is 0 Å². The van der Waals surface area contributed by atoms with Crippen molar-refractivity contribution in [2.45, 2.75) is 36.7 Å². The van der Waals surface area contributed by atoms with E-state index in [0.29, 0.717) is 19.0 Å². The minimum Gasteiger partial charge on any atom is -0.305 e. The summed E-state index contributed by atoms with van der Waals surface area (Å²) in [4.78, 5) is 4.69. The monoisotopic (exact) mass is 305 g/mol. The molecule has 110 valence electrons. The molecule has 0 spiro atoms. The van der Waals surface area contributed by atoms with Gasteiger partial charge < -0.3 is 5.32 Å². The van der Waals surface area contributed by atoms with Crippen LogP contribution in [0.15, 0.2) is 35.2 Å². The normalized spacial score (nSPS) is 17.7. The molecule has 0 unspecified atom stereocenters. The molecule has 1 aliphatic heterocycles. The lowest BCUT2D eigenvalue weighted by Gasteiger charge is -2.11. The van der Waals surface area contributed by atoms with E-state index in [1.54, 1.807) is 18.2 Å². The van der Waals surface area contributed by atoms with E-state index < -0.39 is 10.1 Å². The first-order valence-electron chi connectivity index (χ1n) is 6.96. The van der Waals surface area contributed by atoms with Crippen LogP contribution in [0.4, 0.5) is 0 Å². The van der Waals surface area contributed by atoms with Gasteiger partial charge in [0.05, 0.1) is 11.4 Å². The fourth-order valence-electron chi connectivity index (χ4n) is 2.53. The van der Waals surface area contributed by atoms with Gasteiger partial charge >= 0.3 is 10.1 Å². The minimum atomic E-state index is -3.84.